The lowest BCUT2D eigenvalue weighted by Crippen LogP contribution is -2.26. The molecule has 3 nitrogen and oxygen atoms in total. The summed E-state index contributed by atoms with van der Waals surface area (Å²) in [5, 5.41) is 8.84. The SMILES string of the molecule is C/C(=N\[S@@+]([O-])C(C)(C)C)c1ccc(C#N)c(Br)c1. The van der Waals surface area contributed by atoms with Gasteiger partial charge < -0.3 is 4.55 Å². The van der Waals surface area contributed by atoms with Gasteiger partial charge in [0.05, 0.1) is 11.3 Å². The number of benzene rings is 1. The second-order valence-corrected chi connectivity index (χ2v) is 7.60. The summed E-state index contributed by atoms with van der Waals surface area (Å²) in [4.78, 5) is 0. The first-order chi connectivity index (χ1) is 8.25. The Hall–Kier alpha value is -0.830. The van der Waals surface area contributed by atoms with Crippen LogP contribution < -0.4 is 0 Å². The van der Waals surface area contributed by atoms with Crippen LogP contribution in [-0.2, 0) is 11.4 Å². The van der Waals surface area contributed by atoms with Crippen LogP contribution in [0.4, 0.5) is 0 Å². The van der Waals surface area contributed by atoms with Crippen molar-refractivity contribution in [2.75, 3.05) is 0 Å². The van der Waals surface area contributed by atoms with Gasteiger partial charge in [-0.05, 0) is 55.8 Å². The van der Waals surface area contributed by atoms with Crippen molar-refractivity contribution in [3.63, 3.8) is 0 Å². The van der Waals surface area contributed by atoms with Crippen molar-refractivity contribution in [3.05, 3.63) is 33.8 Å². The monoisotopic (exact) mass is 326 g/mol. The third-order valence-corrected chi connectivity index (χ3v) is 4.39. The Morgan fingerprint density at radius 3 is 2.50 bits per heavy atom. The molecule has 0 bridgehead atoms. The molecule has 0 radical (unpaired) electrons. The highest BCUT2D eigenvalue weighted by Crippen LogP contribution is 2.21. The lowest BCUT2D eigenvalue weighted by atomic mass is 10.1. The minimum absolute atomic E-state index is 0.370. The minimum Gasteiger partial charge on any atom is -0.591 e. The summed E-state index contributed by atoms with van der Waals surface area (Å²) in [5.41, 5.74) is 2.13. The molecule has 96 valence electrons. The average Bonchev–Trinajstić information content (AvgIpc) is 2.27. The zero-order valence-corrected chi connectivity index (χ0v) is 13.2. The van der Waals surface area contributed by atoms with E-state index in [1.807, 2.05) is 39.8 Å². The molecule has 0 saturated heterocycles. The summed E-state index contributed by atoms with van der Waals surface area (Å²) in [6, 6.07) is 7.42. The molecule has 1 rings (SSSR count). The van der Waals surface area contributed by atoms with Crippen LogP contribution in [0.3, 0.4) is 0 Å². The van der Waals surface area contributed by atoms with Crippen molar-refractivity contribution >= 4 is 33.0 Å². The van der Waals surface area contributed by atoms with Gasteiger partial charge in [-0.2, -0.15) is 5.26 Å². The molecular formula is C13H15BrN2OS. The lowest BCUT2D eigenvalue weighted by Gasteiger charge is -2.18. The molecule has 18 heavy (non-hydrogen) atoms. The number of nitriles is 1. The number of halogens is 1. The van der Waals surface area contributed by atoms with Gasteiger partial charge in [-0.25, -0.2) is 0 Å². The smallest absolute Gasteiger partial charge is 0.144 e. The van der Waals surface area contributed by atoms with E-state index in [2.05, 4.69) is 26.4 Å². The maximum absolute atomic E-state index is 11.9. The largest absolute Gasteiger partial charge is 0.591 e. The van der Waals surface area contributed by atoms with Crippen molar-refractivity contribution in [2.45, 2.75) is 32.4 Å². The molecule has 1 aromatic rings. The topological polar surface area (TPSA) is 59.2 Å². The van der Waals surface area contributed by atoms with Gasteiger partial charge in [-0.15, -0.1) is 0 Å². The van der Waals surface area contributed by atoms with Crippen LogP contribution in [0.15, 0.2) is 27.1 Å². The van der Waals surface area contributed by atoms with E-state index in [4.69, 9.17) is 5.26 Å². The van der Waals surface area contributed by atoms with Crippen molar-refractivity contribution in [1.82, 2.24) is 0 Å². The van der Waals surface area contributed by atoms with Crippen molar-refractivity contribution < 1.29 is 4.55 Å². The maximum atomic E-state index is 11.9. The fraction of sp³-hybridized carbons (Fsp3) is 0.385. The Bertz CT molecular complexity index is 515. The first kappa shape index (κ1) is 15.2. The highest BCUT2D eigenvalue weighted by Gasteiger charge is 2.26. The average molecular weight is 327 g/mol. The highest BCUT2D eigenvalue weighted by molar-refractivity contribution is 9.10. The van der Waals surface area contributed by atoms with E-state index in [1.165, 1.54) is 0 Å². The number of rotatable bonds is 2. The molecule has 0 aromatic heterocycles. The van der Waals surface area contributed by atoms with Crippen molar-refractivity contribution in [3.8, 4) is 6.07 Å². The molecule has 0 aliphatic carbocycles. The van der Waals surface area contributed by atoms with E-state index >= 15 is 0 Å². The van der Waals surface area contributed by atoms with E-state index in [0.29, 0.717) is 11.3 Å². The van der Waals surface area contributed by atoms with E-state index in [1.54, 1.807) is 6.07 Å². The van der Waals surface area contributed by atoms with Crippen LogP contribution in [0.25, 0.3) is 0 Å². The predicted molar refractivity (Wildman–Crippen MR) is 79.0 cm³/mol. The molecule has 0 N–H and O–H groups in total. The summed E-state index contributed by atoms with van der Waals surface area (Å²) in [5.74, 6) is 0. The molecule has 0 heterocycles. The Kier molecular flexibility index (Phi) is 4.97. The number of nitrogens with zero attached hydrogens (tertiary/aromatic N) is 2. The molecule has 0 aliphatic rings. The second-order valence-electron chi connectivity index (χ2n) is 4.84. The third kappa shape index (κ3) is 3.84. The van der Waals surface area contributed by atoms with Gasteiger partial charge in [-0.3, -0.25) is 0 Å². The molecule has 0 saturated carbocycles. The predicted octanol–water partition coefficient (Wildman–Crippen LogP) is 3.59. The zero-order valence-electron chi connectivity index (χ0n) is 10.8. The van der Waals surface area contributed by atoms with E-state index in [-0.39, 0.29) is 4.75 Å². The van der Waals surface area contributed by atoms with E-state index in [0.717, 1.165) is 10.0 Å². The first-order valence-corrected chi connectivity index (χ1v) is 7.33. The molecule has 0 spiro atoms. The van der Waals surface area contributed by atoms with E-state index in [9.17, 15) is 4.55 Å². The van der Waals surface area contributed by atoms with Gasteiger partial charge >= 0.3 is 0 Å². The fourth-order valence-electron chi connectivity index (χ4n) is 1.14. The first-order valence-electron chi connectivity index (χ1n) is 5.43. The molecule has 5 heteroatoms. The van der Waals surface area contributed by atoms with Crippen molar-refractivity contribution in [2.24, 2.45) is 4.40 Å². The fourth-order valence-corrected chi connectivity index (χ4v) is 2.24. The van der Waals surface area contributed by atoms with Crippen LogP contribution >= 0.6 is 15.9 Å². The highest BCUT2D eigenvalue weighted by atomic mass is 79.9. The third-order valence-electron chi connectivity index (χ3n) is 2.25. The summed E-state index contributed by atoms with van der Waals surface area (Å²) >= 11 is 2.05. The molecule has 0 unspecified atom stereocenters. The van der Waals surface area contributed by atoms with Gasteiger partial charge in [0.15, 0.2) is 0 Å². The summed E-state index contributed by atoms with van der Waals surface area (Å²) < 4.78 is 16.5. The molecule has 1 atom stereocenters. The molecule has 1 aromatic carbocycles. The van der Waals surface area contributed by atoms with Gasteiger partial charge in [-0.1, -0.05) is 10.5 Å². The minimum atomic E-state index is -1.27. The van der Waals surface area contributed by atoms with Crippen LogP contribution in [0.1, 0.15) is 38.8 Å². The van der Waals surface area contributed by atoms with E-state index < -0.39 is 11.4 Å². The van der Waals surface area contributed by atoms with Gasteiger partial charge in [0, 0.05) is 10.0 Å². The summed E-state index contributed by atoms with van der Waals surface area (Å²) in [6.07, 6.45) is 0. The Morgan fingerprint density at radius 1 is 1.44 bits per heavy atom. The Morgan fingerprint density at radius 2 is 2.06 bits per heavy atom. The summed E-state index contributed by atoms with van der Waals surface area (Å²) in [7, 11) is 0. The van der Waals surface area contributed by atoms with Gasteiger partial charge in [0.25, 0.3) is 0 Å². The molecular weight excluding hydrogens is 312 g/mol. The quantitative estimate of drug-likeness (QED) is 0.615. The lowest BCUT2D eigenvalue weighted by molar-refractivity contribution is 0.561. The normalized spacial score (nSPS) is 14.2. The molecule has 0 amide bonds. The van der Waals surface area contributed by atoms with Gasteiger partial charge in [0.2, 0.25) is 0 Å². The second kappa shape index (κ2) is 5.87. The Labute approximate surface area is 119 Å². The molecule has 0 fully saturated rings. The van der Waals surface area contributed by atoms with Crippen LogP contribution in [0, 0.1) is 11.3 Å². The van der Waals surface area contributed by atoms with Crippen LogP contribution in [0.2, 0.25) is 0 Å². The van der Waals surface area contributed by atoms with Gasteiger partial charge in [0.1, 0.15) is 22.2 Å². The molecule has 0 aliphatic heterocycles. The summed E-state index contributed by atoms with van der Waals surface area (Å²) in [6.45, 7) is 7.47. The van der Waals surface area contributed by atoms with Crippen LogP contribution in [-0.4, -0.2) is 15.0 Å². The van der Waals surface area contributed by atoms with Crippen LogP contribution in [0.5, 0.6) is 0 Å². The number of hydrogen-bond acceptors (Lipinski definition) is 3. The number of hydrogen-bond donors (Lipinski definition) is 0. The standard InChI is InChI=1S/C13H15BrN2OS/c1-9(16-18(17)13(2,3)4)10-5-6-11(8-15)12(14)7-10/h5-7H,1-4H3/b16-9+/t18-/m0/s1. The maximum Gasteiger partial charge on any atom is 0.144 e. The zero-order chi connectivity index (χ0) is 13.9. The Balaban J connectivity index is 3.05. The van der Waals surface area contributed by atoms with Crippen molar-refractivity contribution in [1.29, 1.82) is 5.26 Å².